The Morgan fingerprint density at radius 3 is 1.31 bits per heavy atom. The van der Waals surface area contributed by atoms with E-state index in [4.69, 9.17) is 23.2 Å². The van der Waals surface area contributed by atoms with Crippen LogP contribution in [0.5, 0.6) is 0 Å². The third-order valence-electron chi connectivity index (χ3n) is 7.18. The van der Waals surface area contributed by atoms with Crippen LogP contribution in [0.1, 0.15) is 45.1 Å². The largest absolute Gasteiger partial charge is 0.207 e. The van der Waals surface area contributed by atoms with Crippen molar-refractivity contribution in [3.8, 4) is 0 Å². The van der Waals surface area contributed by atoms with E-state index in [9.17, 15) is 26.3 Å². The van der Waals surface area contributed by atoms with Crippen molar-refractivity contribution in [3.63, 3.8) is 0 Å². The first kappa shape index (κ1) is 56.6. The molecule has 0 fully saturated rings. The Labute approximate surface area is 424 Å². The summed E-state index contributed by atoms with van der Waals surface area (Å²) in [6.45, 7) is 2.11. The summed E-state index contributed by atoms with van der Waals surface area (Å²) in [5, 5.41) is 2.01. The molecule has 6 aromatic rings. The molecule has 0 spiro atoms. The van der Waals surface area contributed by atoms with Gasteiger partial charge in [0.05, 0.1) is 5.88 Å². The third-order valence-corrected chi connectivity index (χ3v) is 13.0. The van der Waals surface area contributed by atoms with E-state index in [1.807, 2.05) is 52.9 Å². The quantitative estimate of drug-likeness (QED) is 0.0886. The lowest BCUT2D eigenvalue weighted by molar-refractivity contribution is 0.577. The Balaban J connectivity index is 0.000000354. The summed E-state index contributed by atoms with van der Waals surface area (Å²) >= 11 is 36.0. The van der Waals surface area contributed by atoms with E-state index in [1.54, 1.807) is 42.5 Å². The predicted octanol–water partition coefficient (Wildman–Crippen LogP) is 19.7. The molecule has 16 heteroatoms. The summed E-state index contributed by atoms with van der Waals surface area (Å²) < 4.78 is 79.0. The van der Waals surface area contributed by atoms with Gasteiger partial charge in [-0.1, -0.05) is 206 Å². The maximum absolute atomic E-state index is 12.8. The lowest BCUT2D eigenvalue weighted by Crippen LogP contribution is -1.85. The van der Waals surface area contributed by atoms with Crippen LogP contribution < -0.4 is 0 Å². The Bertz CT molecular complexity index is 1960. The van der Waals surface area contributed by atoms with Crippen LogP contribution in [0.4, 0.5) is 26.3 Å². The maximum Gasteiger partial charge on any atom is 0.130 e. The van der Waals surface area contributed by atoms with Crippen LogP contribution in [-0.2, 0) is 26.3 Å². The molecular formula is C43H34Br7Cl2F6I. The number of hydrogen-bond donors (Lipinski definition) is 0. The molecule has 0 radical (unpaired) electrons. The minimum absolute atomic E-state index is 0.175. The first-order valence-corrected chi connectivity index (χ1v) is 25.8. The summed E-state index contributed by atoms with van der Waals surface area (Å²) in [7, 11) is 0. The predicted molar refractivity (Wildman–Crippen MR) is 269 cm³/mol. The third kappa shape index (κ3) is 21.7. The van der Waals surface area contributed by atoms with Crippen LogP contribution >= 0.6 is 157 Å². The fourth-order valence-corrected chi connectivity index (χ4v) is 10.0. The van der Waals surface area contributed by atoms with Crippen LogP contribution in [0.2, 0.25) is 5.02 Å². The van der Waals surface area contributed by atoms with Crippen molar-refractivity contribution in [2.24, 2.45) is 0 Å². The van der Waals surface area contributed by atoms with Gasteiger partial charge in [-0.05, 0) is 72.6 Å². The van der Waals surface area contributed by atoms with Crippen molar-refractivity contribution in [1.29, 1.82) is 0 Å². The average Bonchev–Trinajstić information content (AvgIpc) is 3.20. The van der Waals surface area contributed by atoms with Crippen LogP contribution in [-0.4, -0.2) is 0 Å². The first-order valence-electron chi connectivity index (χ1n) is 16.7. The molecule has 0 aliphatic rings. The van der Waals surface area contributed by atoms with Crippen molar-refractivity contribution < 1.29 is 26.3 Å². The van der Waals surface area contributed by atoms with Crippen LogP contribution in [0.3, 0.4) is 0 Å². The highest BCUT2D eigenvalue weighted by atomic mass is 127. The topological polar surface area (TPSA) is 0 Å². The van der Waals surface area contributed by atoms with Gasteiger partial charge in [0.2, 0.25) is 0 Å². The number of hydrogen-bond acceptors (Lipinski definition) is 0. The molecule has 6 aromatic carbocycles. The van der Waals surface area contributed by atoms with Gasteiger partial charge in [0, 0.05) is 72.0 Å². The molecule has 59 heavy (non-hydrogen) atoms. The first-order chi connectivity index (χ1) is 28.1. The Morgan fingerprint density at radius 1 is 0.525 bits per heavy atom. The Kier molecular flexibility index (Phi) is 30.9. The van der Waals surface area contributed by atoms with E-state index in [0.29, 0.717) is 58.1 Å². The molecule has 0 aliphatic heterocycles. The highest BCUT2D eigenvalue weighted by Crippen LogP contribution is 2.28. The molecular weight excluding hydrogens is 1390 g/mol. The zero-order valence-electron chi connectivity index (χ0n) is 30.7. The molecule has 1 atom stereocenters. The monoisotopic (exact) mass is 1410 g/mol. The molecule has 0 amide bonds. The summed E-state index contributed by atoms with van der Waals surface area (Å²) in [4.78, 5) is 0.420. The summed E-state index contributed by atoms with van der Waals surface area (Å²) in [6, 6.07) is 32.8. The van der Waals surface area contributed by atoms with Gasteiger partial charge in [0.25, 0.3) is 0 Å². The van der Waals surface area contributed by atoms with Gasteiger partial charge in [0.15, 0.2) is 0 Å². The van der Waals surface area contributed by atoms with Crippen LogP contribution in [0.25, 0.3) is 0 Å². The van der Waals surface area contributed by atoms with Crippen molar-refractivity contribution in [2.75, 3.05) is 0 Å². The van der Waals surface area contributed by atoms with Gasteiger partial charge < -0.3 is 0 Å². The van der Waals surface area contributed by atoms with Crippen molar-refractivity contribution in [1.82, 2.24) is 0 Å². The maximum atomic E-state index is 12.8. The molecule has 0 bridgehead atoms. The second-order valence-corrected chi connectivity index (χ2v) is 18.3. The van der Waals surface area contributed by atoms with Crippen LogP contribution in [0, 0.1) is 34.9 Å². The highest BCUT2D eigenvalue weighted by Gasteiger charge is 2.06. The number of rotatable bonds is 6. The minimum atomic E-state index is -0.522. The normalized spacial score (nSPS) is 10.4. The highest BCUT2D eigenvalue weighted by molar-refractivity contribution is 14.1. The summed E-state index contributed by atoms with van der Waals surface area (Å²) in [5.41, 5.74) is 4.25. The lowest BCUT2D eigenvalue weighted by Gasteiger charge is -2.04. The fourth-order valence-electron chi connectivity index (χ4n) is 4.01. The van der Waals surface area contributed by atoms with Gasteiger partial charge >= 0.3 is 0 Å². The van der Waals surface area contributed by atoms with Crippen molar-refractivity contribution in [3.05, 3.63) is 208 Å². The molecule has 0 saturated heterocycles. The van der Waals surface area contributed by atoms with Crippen LogP contribution in [0.15, 0.2) is 135 Å². The van der Waals surface area contributed by atoms with Crippen molar-refractivity contribution >= 4 is 157 Å². The van der Waals surface area contributed by atoms with E-state index in [1.165, 1.54) is 46.4 Å². The smallest absolute Gasteiger partial charge is 0.130 e. The molecule has 0 aromatic heterocycles. The zero-order valence-corrected chi connectivity index (χ0v) is 45.5. The molecule has 0 saturated carbocycles. The van der Waals surface area contributed by atoms with Gasteiger partial charge in [-0.2, -0.15) is 0 Å². The molecule has 6 rings (SSSR count). The zero-order chi connectivity index (χ0) is 44.5. The van der Waals surface area contributed by atoms with E-state index in [-0.39, 0.29) is 29.1 Å². The number of halogens is 16. The Morgan fingerprint density at radius 2 is 0.966 bits per heavy atom. The van der Waals surface area contributed by atoms with Gasteiger partial charge in [-0.15, -0.1) is 11.6 Å². The van der Waals surface area contributed by atoms with Gasteiger partial charge in [-0.25, -0.2) is 26.3 Å². The standard InChI is InChI=1S/C8H8Br2.2C7H5Br2F.C7H5BrClF.C7H6ClF.C7H5F2I/c1-6(9)7-4-2-3-5-8(7)10;3*8-4-5-6(9)2-1-3-7(5)10;8-5-6-3-1-2-4-7(6)9;8-6-2-1-5(4-10)7(9)3-6/h2-6H,1H3;3*1-3H,4H2;1-4H,5H2;1-3H,4H2. The van der Waals surface area contributed by atoms with E-state index in [0.717, 1.165) is 15.0 Å². The summed E-state index contributed by atoms with van der Waals surface area (Å²) in [6.07, 6.45) is 0. The van der Waals surface area contributed by atoms with Gasteiger partial charge in [-0.3, -0.25) is 0 Å². The fraction of sp³-hybridized carbons (Fsp3) is 0.163. The minimum Gasteiger partial charge on any atom is -0.207 e. The van der Waals surface area contributed by atoms with E-state index >= 15 is 0 Å². The van der Waals surface area contributed by atoms with E-state index < -0.39 is 11.6 Å². The molecule has 1 unspecified atom stereocenters. The lowest BCUT2D eigenvalue weighted by atomic mass is 10.2. The second kappa shape index (κ2) is 32.3. The molecule has 318 valence electrons. The Hall–Kier alpha value is -0.430. The molecule has 0 N–H and O–H groups in total. The van der Waals surface area contributed by atoms with E-state index in [2.05, 4.69) is 124 Å². The van der Waals surface area contributed by atoms with Crippen molar-refractivity contribution in [2.45, 2.75) is 38.0 Å². The molecule has 0 aliphatic carbocycles. The SMILES string of the molecule is CC(Br)c1ccccc1Br.Fc1ccc(CI)c(F)c1.Fc1cccc(Br)c1CBr.Fc1cccc(Br)c1CBr.Fc1cccc(Cl)c1CBr.Fc1ccccc1CCl. The average molecular weight is 1420 g/mol. The summed E-state index contributed by atoms with van der Waals surface area (Å²) in [5.74, 6) is -1.58. The second-order valence-electron chi connectivity index (χ2n) is 11.2. The molecule has 0 nitrogen and oxygen atoms in total. The number of alkyl halides is 6. The van der Waals surface area contributed by atoms with Gasteiger partial charge in [0.1, 0.15) is 34.9 Å². The number of benzene rings is 6. The molecule has 0 heterocycles.